The highest BCUT2D eigenvalue weighted by molar-refractivity contribution is 5.87. The van der Waals surface area contributed by atoms with Crippen molar-refractivity contribution in [2.45, 2.75) is 40.5 Å². The molecule has 0 amide bonds. The summed E-state index contributed by atoms with van der Waals surface area (Å²) >= 11 is 0. The molecule has 0 atom stereocenters. The molecule has 0 N–H and O–H groups in total. The van der Waals surface area contributed by atoms with Crippen LogP contribution in [-0.2, 0) is 9.53 Å². The number of carbonyl (C=O) groups excluding carboxylic acids is 1. The molecule has 13 heavy (non-hydrogen) atoms. The van der Waals surface area contributed by atoms with Gasteiger partial charge in [0.2, 0.25) is 0 Å². The van der Waals surface area contributed by atoms with E-state index in [1.54, 1.807) is 6.92 Å². The van der Waals surface area contributed by atoms with E-state index in [0.29, 0.717) is 12.5 Å². The fourth-order valence-corrected chi connectivity index (χ4v) is 0.800. The second-order valence-corrected chi connectivity index (χ2v) is 3.67. The molecule has 2 nitrogen and oxygen atoms in total. The summed E-state index contributed by atoms with van der Waals surface area (Å²) in [6.07, 6.45) is 3.94. The Labute approximate surface area is 81.0 Å². The third-order valence-corrected chi connectivity index (χ3v) is 1.61. The van der Waals surface area contributed by atoms with Crippen molar-refractivity contribution in [1.82, 2.24) is 0 Å². The number of hydrogen-bond acceptors (Lipinski definition) is 2. The Balaban J connectivity index is 3.82. The van der Waals surface area contributed by atoms with Crippen LogP contribution in [0.25, 0.3) is 0 Å². The van der Waals surface area contributed by atoms with Gasteiger partial charge in [0.05, 0.1) is 6.61 Å². The fraction of sp³-hybridized carbons (Fsp3) is 0.727. The second-order valence-electron chi connectivity index (χ2n) is 3.67. The van der Waals surface area contributed by atoms with Crippen molar-refractivity contribution in [3.63, 3.8) is 0 Å². The van der Waals surface area contributed by atoms with Crippen LogP contribution < -0.4 is 0 Å². The Morgan fingerprint density at radius 1 is 1.46 bits per heavy atom. The van der Waals surface area contributed by atoms with Crippen LogP contribution in [0.15, 0.2) is 11.6 Å². The zero-order valence-electron chi connectivity index (χ0n) is 9.09. The lowest BCUT2D eigenvalue weighted by atomic mass is 10.2. The van der Waals surface area contributed by atoms with Crippen LogP contribution in [0, 0.1) is 5.92 Å². The van der Waals surface area contributed by atoms with Crippen LogP contribution in [0.4, 0.5) is 0 Å². The Morgan fingerprint density at radius 3 is 2.54 bits per heavy atom. The molecule has 0 unspecified atom stereocenters. The highest BCUT2D eigenvalue weighted by Crippen LogP contribution is 2.02. The molecule has 0 radical (unpaired) electrons. The van der Waals surface area contributed by atoms with E-state index in [-0.39, 0.29) is 5.97 Å². The summed E-state index contributed by atoms with van der Waals surface area (Å²) in [7, 11) is 0. The number of esters is 1. The normalized spacial score (nSPS) is 11.9. The van der Waals surface area contributed by atoms with Crippen LogP contribution in [0.5, 0.6) is 0 Å². The highest BCUT2D eigenvalue weighted by Gasteiger charge is 2.05. The van der Waals surface area contributed by atoms with Crippen molar-refractivity contribution in [3.05, 3.63) is 11.6 Å². The molecular weight excluding hydrogens is 164 g/mol. The van der Waals surface area contributed by atoms with Crippen molar-refractivity contribution < 1.29 is 9.53 Å². The van der Waals surface area contributed by atoms with Gasteiger partial charge < -0.3 is 4.74 Å². The maximum atomic E-state index is 11.3. The van der Waals surface area contributed by atoms with Gasteiger partial charge in [-0.1, -0.05) is 33.3 Å². The van der Waals surface area contributed by atoms with Crippen LogP contribution in [0.1, 0.15) is 40.5 Å². The molecule has 0 heterocycles. The lowest BCUT2D eigenvalue weighted by molar-refractivity contribution is -0.140. The Bertz CT molecular complexity index is 181. The number of hydrogen-bond donors (Lipinski definition) is 0. The third kappa shape index (κ3) is 6.38. The molecule has 0 bridgehead atoms. The molecule has 0 saturated heterocycles. The second kappa shape index (κ2) is 6.70. The summed E-state index contributed by atoms with van der Waals surface area (Å²) in [5.74, 6) is 0.227. The largest absolute Gasteiger partial charge is 0.462 e. The van der Waals surface area contributed by atoms with E-state index >= 15 is 0 Å². The van der Waals surface area contributed by atoms with Gasteiger partial charge in [-0.25, -0.2) is 4.79 Å². The predicted molar refractivity (Wildman–Crippen MR) is 54.5 cm³/mol. The third-order valence-electron chi connectivity index (χ3n) is 1.61. The number of rotatable bonds is 5. The minimum Gasteiger partial charge on any atom is -0.462 e. The van der Waals surface area contributed by atoms with Crippen molar-refractivity contribution in [2.24, 2.45) is 5.92 Å². The SMILES string of the molecule is CCCC=C(C)C(=O)OCC(C)C. The summed E-state index contributed by atoms with van der Waals surface area (Å²) in [4.78, 5) is 11.3. The van der Waals surface area contributed by atoms with E-state index in [4.69, 9.17) is 4.74 Å². The molecule has 0 aliphatic heterocycles. The molecule has 0 fully saturated rings. The number of unbranched alkanes of at least 4 members (excludes halogenated alkanes) is 1. The molecule has 76 valence electrons. The van der Waals surface area contributed by atoms with Gasteiger partial charge in [0, 0.05) is 5.57 Å². The van der Waals surface area contributed by atoms with Gasteiger partial charge >= 0.3 is 5.97 Å². The predicted octanol–water partition coefficient (Wildman–Crippen LogP) is 2.93. The monoisotopic (exact) mass is 184 g/mol. The Kier molecular flexibility index (Phi) is 6.29. The first-order valence-electron chi connectivity index (χ1n) is 4.91. The molecule has 0 aromatic heterocycles. The van der Waals surface area contributed by atoms with Crippen LogP contribution >= 0.6 is 0 Å². The van der Waals surface area contributed by atoms with Gasteiger partial charge in [0.15, 0.2) is 0 Å². The van der Waals surface area contributed by atoms with E-state index in [1.807, 2.05) is 19.9 Å². The lowest BCUT2D eigenvalue weighted by Gasteiger charge is -2.06. The first-order valence-corrected chi connectivity index (χ1v) is 4.91. The van der Waals surface area contributed by atoms with Crippen molar-refractivity contribution in [3.8, 4) is 0 Å². The van der Waals surface area contributed by atoms with Gasteiger partial charge in [-0.3, -0.25) is 0 Å². The molecule has 0 aliphatic rings. The molecule has 0 aliphatic carbocycles. The van der Waals surface area contributed by atoms with E-state index < -0.39 is 0 Å². The molecular formula is C11H20O2. The minimum absolute atomic E-state index is 0.179. The molecule has 0 rings (SSSR count). The first-order chi connectivity index (χ1) is 6.07. The average molecular weight is 184 g/mol. The lowest BCUT2D eigenvalue weighted by Crippen LogP contribution is -2.10. The number of allylic oxidation sites excluding steroid dienone is 1. The molecule has 0 saturated carbocycles. The van der Waals surface area contributed by atoms with Gasteiger partial charge in [-0.2, -0.15) is 0 Å². The standard InChI is InChI=1S/C11H20O2/c1-5-6-7-10(4)11(12)13-8-9(2)3/h7,9H,5-6,8H2,1-4H3. The van der Waals surface area contributed by atoms with Crippen LogP contribution in [0.3, 0.4) is 0 Å². The maximum Gasteiger partial charge on any atom is 0.333 e. The van der Waals surface area contributed by atoms with Crippen molar-refractivity contribution in [2.75, 3.05) is 6.61 Å². The summed E-state index contributed by atoms with van der Waals surface area (Å²) in [6, 6.07) is 0. The highest BCUT2D eigenvalue weighted by atomic mass is 16.5. The summed E-state index contributed by atoms with van der Waals surface area (Å²) < 4.78 is 5.06. The van der Waals surface area contributed by atoms with E-state index in [0.717, 1.165) is 18.4 Å². The topological polar surface area (TPSA) is 26.3 Å². The Hall–Kier alpha value is -0.790. The first kappa shape index (κ1) is 12.2. The summed E-state index contributed by atoms with van der Waals surface area (Å²) in [6.45, 7) is 8.45. The van der Waals surface area contributed by atoms with Gasteiger partial charge in [0.25, 0.3) is 0 Å². The molecule has 0 aromatic carbocycles. The smallest absolute Gasteiger partial charge is 0.333 e. The van der Waals surface area contributed by atoms with Crippen molar-refractivity contribution in [1.29, 1.82) is 0 Å². The van der Waals surface area contributed by atoms with Gasteiger partial charge in [-0.05, 0) is 19.3 Å². The van der Waals surface area contributed by atoms with Crippen molar-refractivity contribution >= 4 is 5.97 Å². The molecule has 0 aromatic rings. The van der Waals surface area contributed by atoms with Gasteiger partial charge in [0.1, 0.15) is 0 Å². The number of carbonyl (C=O) groups is 1. The minimum atomic E-state index is -0.179. The number of ether oxygens (including phenoxy) is 1. The summed E-state index contributed by atoms with van der Waals surface area (Å²) in [5, 5.41) is 0. The quantitative estimate of drug-likeness (QED) is 0.485. The van der Waals surface area contributed by atoms with Crippen LogP contribution in [-0.4, -0.2) is 12.6 Å². The van der Waals surface area contributed by atoms with Gasteiger partial charge in [-0.15, -0.1) is 0 Å². The zero-order valence-corrected chi connectivity index (χ0v) is 9.09. The fourth-order valence-electron chi connectivity index (χ4n) is 0.800. The average Bonchev–Trinajstić information content (AvgIpc) is 2.10. The van der Waals surface area contributed by atoms with Crippen LogP contribution in [0.2, 0.25) is 0 Å². The Morgan fingerprint density at radius 2 is 2.08 bits per heavy atom. The van der Waals surface area contributed by atoms with E-state index in [1.165, 1.54) is 0 Å². The molecule has 2 heteroatoms. The summed E-state index contributed by atoms with van der Waals surface area (Å²) in [5.41, 5.74) is 0.725. The zero-order chi connectivity index (χ0) is 10.3. The van der Waals surface area contributed by atoms with E-state index in [2.05, 4.69) is 6.92 Å². The molecule has 0 spiro atoms. The van der Waals surface area contributed by atoms with E-state index in [9.17, 15) is 4.79 Å². The maximum absolute atomic E-state index is 11.3.